The Morgan fingerprint density at radius 1 is 1.17 bits per heavy atom. The molecule has 2 aromatic carbocycles. The van der Waals surface area contributed by atoms with E-state index in [1.165, 1.54) is 21.9 Å². The Hall–Kier alpha value is -3.87. The van der Waals surface area contributed by atoms with Crippen LogP contribution in [0.4, 0.5) is 11.5 Å². The van der Waals surface area contributed by atoms with Gasteiger partial charge in [-0.25, -0.2) is 4.68 Å². The SMILES string of the molecule is C=CC(=O)Nc1cccc(-n2nc(C3CCc4ccccc4C3)c(C(N)=O)c2N)c1. The summed E-state index contributed by atoms with van der Waals surface area (Å²) in [4.78, 5) is 23.9. The molecule has 1 unspecified atom stereocenters. The minimum atomic E-state index is -0.594. The van der Waals surface area contributed by atoms with E-state index in [4.69, 9.17) is 16.6 Å². The Labute approximate surface area is 174 Å². The molecule has 1 heterocycles. The van der Waals surface area contributed by atoms with E-state index in [1.54, 1.807) is 24.3 Å². The minimum Gasteiger partial charge on any atom is -0.383 e. The number of amides is 2. The van der Waals surface area contributed by atoms with Crippen molar-refractivity contribution in [2.24, 2.45) is 5.73 Å². The molecule has 1 aromatic heterocycles. The zero-order valence-electron chi connectivity index (χ0n) is 16.5. The fourth-order valence-electron chi connectivity index (χ4n) is 4.02. The first kappa shape index (κ1) is 19.4. The summed E-state index contributed by atoms with van der Waals surface area (Å²) in [5, 5.41) is 7.41. The van der Waals surface area contributed by atoms with Crippen LogP contribution in [-0.2, 0) is 17.6 Å². The Morgan fingerprint density at radius 3 is 2.67 bits per heavy atom. The Morgan fingerprint density at radius 2 is 1.93 bits per heavy atom. The number of carbonyl (C=O) groups is 2. The van der Waals surface area contributed by atoms with Gasteiger partial charge in [-0.3, -0.25) is 9.59 Å². The van der Waals surface area contributed by atoms with Gasteiger partial charge in [0.1, 0.15) is 11.4 Å². The average Bonchev–Trinajstić information content (AvgIpc) is 3.11. The molecule has 0 spiro atoms. The van der Waals surface area contributed by atoms with Crippen LogP contribution >= 0.6 is 0 Å². The van der Waals surface area contributed by atoms with Crippen LogP contribution in [0.2, 0.25) is 0 Å². The molecule has 1 aliphatic rings. The zero-order valence-corrected chi connectivity index (χ0v) is 16.5. The maximum absolute atomic E-state index is 12.2. The summed E-state index contributed by atoms with van der Waals surface area (Å²) >= 11 is 0. The maximum Gasteiger partial charge on any atom is 0.254 e. The van der Waals surface area contributed by atoms with Gasteiger partial charge in [-0.15, -0.1) is 0 Å². The van der Waals surface area contributed by atoms with Gasteiger partial charge in [0, 0.05) is 11.6 Å². The maximum atomic E-state index is 12.2. The average molecular weight is 401 g/mol. The number of hydrogen-bond acceptors (Lipinski definition) is 4. The van der Waals surface area contributed by atoms with Crippen molar-refractivity contribution in [1.29, 1.82) is 0 Å². The summed E-state index contributed by atoms with van der Waals surface area (Å²) in [5.41, 5.74) is 16.7. The molecule has 0 aliphatic heterocycles. The van der Waals surface area contributed by atoms with Crippen LogP contribution in [0.1, 0.15) is 39.5 Å². The van der Waals surface area contributed by atoms with E-state index in [-0.39, 0.29) is 23.2 Å². The largest absolute Gasteiger partial charge is 0.383 e. The smallest absolute Gasteiger partial charge is 0.254 e. The lowest BCUT2D eigenvalue weighted by Gasteiger charge is -2.23. The number of carbonyl (C=O) groups excluding carboxylic acids is 2. The third-order valence-electron chi connectivity index (χ3n) is 5.47. The third-order valence-corrected chi connectivity index (χ3v) is 5.47. The molecule has 7 nitrogen and oxygen atoms in total. The second kappa shape index (κ2) is 7.87. The van der Waals surface area contributed by atoms with Gasteiger partial charge >= 0.3 is 0 Å². The fraction of sp³-hybridized carbons (Fsp3) is 0.174. The number of aromatic nitrogens is 2. The number of nitrogens with one attached hydrogen (secondary N) is 1. The molecule has 0 radical (unpaired) electrons. The number of anilines is 2. The molecule has 7 heteroatoms. The lowest BCUT2D eigenvalue weighted by atomic mass is 9.81. The van der Waals surface area contributed by atoms with E-state index < -0.39 is 5.91 Å². The molecule has 0 saturated carbocycles. The summed E-state index contributed by atoms with van der Waals surface area (Å²) in [6.45, 7) is 3.45. The van der Waals surface area contributed by atoms with Crippen molar-refractivity contribution in [2.75, 3.05) is 11.1 Å². The third kappa shape index (κ3) is 3.57. The number of fused-ring (bicyclic) bond motifs is 1. The van der Waals surface area contributed by atoms with Gasteiger partial charge in [-0.05, 0) is 54.7 Å². The number of nitrogens with two attached hydrogens (primary N) is 2. The lowest BCUT2D eigenvalue weighted by Crippen LogP contribution is -2.19. The molecule has 2 amide bonds. The number of primary amides is 1. The topological polar surface area (TPSA) is 116 Å². The first-order valence-electron chi connectivity index (χ1n) is 9.76. The fourth-order valence-corrected chi connectivity index (χ4v) is 4.02. The monoisotopic (exact) mass is 401 g/mol. The normalized spacial score (nSPS) is 15.3. The highest BCUT2D eigenvalue weighted by atomic mass is 16.1. The molecule has 0 fully saturated rings. The van der Waals surface area contributed by atoms with E-state index in [2.05, 4.69) is 24.0 Å². The van der Waals surface area contributed by atoms with E-state index in [0.717, 1.165) is 19.3 Å². The molecule has 0 saturated heterocycles. The van der Waals surface area contributed by atoms with Crippen LogP contribution in [0, 0.1) is 0 Å². The molecule has 152 valence electrons. The van der Waals surface area contributed by atoms with Gasteiger partial charge in [-0.2, -0.15) is 5.10 Å². The quantitative estimate of drug-likeness (QED) is 0.570. The van der Waals surface area contributed by atoms with Gasteiger partial charge in [0.15, 0.2) is 0 Å². The van der Waals surface area contributed by atoms with Crippen LogP contribution in [0.15, 0.2) is 61.2 Å². The summed E-state index contributed by atoms with van der Waals surface area (Å²) in [6, 6.07) is 15.4. The standard InChI is InChI=1S/C23H23N5O2/c1-2-19(29)26-17-8-5-9-18(13-17)28-22(24)20(23(25)30)21(27-28)16-11-10-14-6-3-4-7-15(14)12-16/h2-9,13,16H,1,10-12,24H2,(H2,25,30)(H,26,29). The second-order valence-electron chi connectivity index (χ2n) is 7.37. The van der Waals surface area contributed by atoms with Crippen molar-refractivity contribution in [3.8, 4) is 5.69 Å². The van der Waals surface area contributed by atoms with Crippen molar-refractivity contribution in [2.45, 2.75) is 25.2 Å². The van der Waals surface area contributed by atoms with E-state index in [9.17, 15) is 9.59 Å². The number of nitrogens with zero attached hydrogens (tertiary/aromatic N) is 2. The van der Waals surface area contributed by atoms with Crippen molar-refractivity contribution in [3.05, 3.63) is 83.6 Å². The number of nitrogen functional groups attached to an aromatic ring is 1. The number of aryl methyl sites for hydroxylation is 1. The van der Waals surface area contributed by atoms with Gasteiger partial charge in [0.05, 0.1) is 11.4 Å². The van der Waals surface area contributed by atoms with E-state index >= 15 is 0 Å². The summed E-state index contributed by atoms with van der Waals surface area (Å²) < 4.78 is 1.51. The van der Waals surface area contributed by atoms with Crippen molar-refractivity contribution < 1.29 is 9.59 Å². The lowest BCUT2D eigenvalue weighted by molar-refractivity contribution is -0.111. The number of benzene rings is 2. The molecule has 0 bridgehead atoms. The Balaban J connectivity index is 1.74. The van der Waals surface area contributed by atoms with Gasteiger partial charge in [0.25, 0.3) is 5.91 Å². The molecular formula is C23H23N5O2. The summed E-state index contributed by atoms with van der Waals surface area (Å²) in [6.07, 6.45) is 3.75. The van der Waals surface area contributed by atoms with Crippen molar-refractivity contribution in [3.63, 3.8) is 0 Å². The van der Waals surface area contributed by atoms with Gasteiger partial charge in [-0.1, -0.05) is 36.9 Å². The molecule has 4 rings (SSSR count). The number of hydrogen-bond donors (Lipinski definition) is 3. The predicted molar refractivity (Wildman–Crippen MR) is 117 cm³/mol. The first-order valence-corrected chi connectivity index (χ1v) is 9.76. The molecule has 1 aliphatic carbocycles. The first-order chi connectivity index (χ1) is 14.5. The van der Waals surface area contributed by atoms with Gasteiger partial charge < -0.3 is 16.8 Å². The van der Waals surface area contributed by atoms with Crippen molar-refractivity contribution in [1.82, 2.24) is 9.78 Å². The zero-order chi connectivity index (χ0) is 21.3. The minimum absolute atomic E-state index is 0.0506. The second-order valence-corrected chi connectivity index (χ2v) is 7.37. The Kier molecular flexibility index (Phi) is 5.10. The molecular weight excluding hydrogens is 378 g/mol. The highest BCUT2D eigenvalue weighted by Crippen LogP contribution is 2.36. The van der Waals surface area contributed by atoms with E-state index in [1.807, 2.05) is 12.1 Å². The van der Waals surface area contributed by atoms with Crippen LogP contribution in [-0.4, -0.2) is 21.6 Å². The molecule has 30 heavy (non-hydrogen) atoms. The van der Waals surface area contributed by atoms with Crippen LogP contribution in [0.5, 0.6) is 0 Å². The number of rotatable bonds is 5. The summed E-state index contributed by atoms with van der Waals surface area (Å²) in [7, 11) is 0. The van der Waals surface area contributed by atoms with E-state index in [0.29, 0.717) is 17.1 Å². The molecule has 3 aromatic rings. The van der Waals surface area contributed by atoms with Gasteiger partial charge in [0.2, 0.25) is 5.91 Å². The Bertz CT molecular complexity index is 1150. The van der Waals surface area contributed by atoms with Crippen LogP contribution in [0.3, 0.4) is 0 Å². The van der Waals surface area contributed by atoms with Crippen LogP contribution < -0.4 is 16.8 Å². The molecule has 1 atom stereocenters. The summed E-state index contributed by atoms with van der Waals surface area (Å²) in [5.74, 6) is -0.665. The molecule has 5 N–H and O–H groups in total. The highest BCUT2D eigenvalue weighted by molar-refractivity contribution is 6.00. The predicted octanol–water partition coefficient (Wildman–Crippen LogP) is 2.95. The van der Waals surface area contributed by atoms with Crippen LogP contribution in [0.25, 0.3) is 5.69 Å². The van der Waals surface area contributed by atoms with Crippen molar-refractivity contribution >= 4 is 23.3 Å². The highest BCUT2D eigenvalue weighted by Gasteiger charge is 2.29.